The SMILES string of the molecule is COC(=O)CN1C(=O)C2(CCCN(B(C)O)C2)c2ccccc21. The van der Waals surface area contributed by atoms with E-state index in [0.717, 1.165) is 30.6 Å². The maximum absolute atomic E-state index is 13.2. The molecule has 1 amide bonds. The number of nitrogens with zero attached hydrogens (tertiary/aromatic N) is 2. The van der Waals surface area contributed by atoms with Crippen molar-refractivity contribution in [3.05, 3.63) is 29.8 Å². The van der Waals surface area contributed by atoms with E-state index in [1.165, 1.54) is 12.0 Å². The molecule has 1 fully saturated rings. The summed E-state index contributed by atoms with van der Waals surface area (Å²) in [6, 6.07) is 7.60. The van der Waals surface area contributed by atoms with Crippen molar-refractivity contribution in [1.82, 2.24) is 4.81 Å². The van der Waals surface area contributed by atoms with Gasteiger partial charge in [0.2, 0.25) is 5.91 Å². The number of piperidine rings is 1. The van der Waals surface area contributed by atoms with Gasteiger partial charge in [-0.2, -0.15) is 0 Å². The monoisotopic (exact) mass is 316 g/mol. The lowest BCUT2D eigenvalue weighted by atomic mass is 9.70. The number of methoxy groups -OCH3 is 1. The summed E-state index contributed by atoms with van der Waals surface area (Å²) in [4.78, 5) is 28.3. The van der Waals surface area contributed by atoms with Gasteiger partial charge >= 0.3 is 13.0 Å². The number of benzene rings is 1. The molecule has 1 aromatic carbocycles. The van der Waals surface area contributed by atoms with Crippen LogP contribution in [-0.4, -0.2) is 55.5 Å². The summed E-state index contributed by atoms with van der Waals surface area (Å²) in [5, 5.41) is 9.93. The molecule has 7 heteroatoms. The minimum absolute atomic E-state index is 0.0746. The number of fused-ring (bicyclic) bond motifs is 2. The Morgan fingerprint density at radius 2 is 2.17 bits per heavy atom. The molecule has 2 heterocycles. The van der Waals surface area contributed by atoms with E-state index >= 15 is 0 Å². The molecule has 0 aliphatic carbocycles. The van der Waals surface area contributed by atoms with E-state index in [1.54, 1.807) is 6.82 Å². The molecule has 0 saturated carbocycles. The molecular weight excluding hydrogens is 295 g/mol. The van der Waals surface area contributed by atoms with Crippen LogP contribution in [0.15, 0.2) is 24.3 Å². The summed E-state index contributed by atoms with van der Waals surface area (Å²) in [7, 11) is 0.724. The summed E-state index contributed by atoms with van der Waals surface area (Å²) < 4.78 is 4.73. The minimum Gasteiger partial charge on any atom is -0.468 e. The molecule has 0 radical (unpaired) electrons. The molecule has 1 atom stereocenters. The molecule has 6 nitrogen and oxygen atoms in total. The van der Waals surface area contributed by atoms with Crippen LogP contribution in [0, 0.1) is 0 Å². The second-order valence-corrected chi connectivity index (χ2v) is 6.27. The van der Waals surface area contributed by atoms with Crippen LogP contribution in [0.25, 0.3) is 0 Å². The molecule has 122 valence electrons. The highest BCUT2D eigenvalue weighted by Crippen LogP contribution is 2.46. The van der Waals surface area contributed by atoms with Crippen molar-refractivity contribution < 1.29 is 19.3 Å². The van der Waals surface area contributed by atoms with Gasteiger partial charge in [-0.1, -0.05) is 18.2 Å². The quantitative estimate of drug-likeness (QED) is 0.655. The number of amides is 1. The zero-order valence-electron chi connectivity index (χ0n) is 13.5. The predicted molar refractivity (Wildman–Crippen MR) is 87.1 cm³/mol. The predicted octanol–water partition coefficient (Wildman–Crippen LogP) is 0.650. The Hall–Kier alpha value is -1.86. The third kappa shape index (κ3) is 2.54. The van der Waals surface area contributed by atoms with Crippen LogP contribution < -0.4 is 4.90 Å². The van der Waals surface area contributed by atoms with Crippen molar-refractivity contribution >= 4 is 24.6 Å². The number of hydrogen-bond acceptors (Lipinski definition) is 5. The number of ether oxygens (including phenoxy) is 1. The van der Waals surface area contributed by atoms with Crippen LogP contribution in [0.1, 0.15) is 18.4 Å². The van der Waals surface area contributed by atoms with Gasteiger partial charge in [0.25, 0.3) is 0 Å². The first-order chi connectivity index (χ1) is 11.0. The van der Waals surface area contributed by atoms with Crippen LogP contribution in [-0.2, 0) is 19.7 Å². The molecule has 1 saturated heterocycles. The van der Waals surface area contributed by atoms with Gasteiger partial charge in [0.1, 0.15) is 6.54 Å². The van der Waals surface area contributed by atoms with E-state index in [1.807, 2.05) is 29.1 Å². The molecular formula is C16H21BN2O4. The lowest BCUT2D eigenvalue weighted by molar-refractivity contribution is -0.140. The van der Waals surface area contributed by atoms with Crippen LogP contribution in [0.5, 0.6) is 0 Å². The third-order valence-electron chi connectivity index (χ3n) is 4.93. The minimum atomic E-state index is -0.681. The zero-order valence-corrected chi connectivity index (χ0v) is 13.5. The number of para-hydroxylation sites is 1. The molecule has 1 unspecified atom stereocenters. The fourth-order valence-corrected chi connectivity index (χ4v) is 3.75. The number of hydrogen-bond donors (Lipinski definition) is 1. The van der Waals surface area contributed by atoms with Gasteiger partial charge in [0.05, 0.1) is 12.5 Å². The number of anilines is 1. The maximum atomic E-state index is 13.2. The van der Waals surface area contributed by atoms with Crippen molar-refractivity contribution in [2.45, 2.75) is 25.1 Å². The second-order valence-electron chi connectivity index (χ2n) is 6.27. The number of carbonyl (C=O) groups excluding carboxylic acids is 2. The summed E-state index contributed by atoms with van der Waals surface area (Å²) in [6.45, 7) is 2.88. The van der Waals surface area contributed by atoms with Crippen LogP contribution in [0.3, 0.4) is 0 Å². The van der Waals surface area contributed by atoms with Gasteiger partial charge in [0, 0.05) is 12.2 Å². The summed E-state index contributed by atoms with van der Waals surface area (Å²) in [5.41, 5.74) is 1.04. The van der Waals surface area contributed by atoms with Gasteiger partial charge in [-0.05, 0) is 37.8 Å². The lowest BCUT2D eigenvalue weighted by Gasteiger charge is -2.40. The fraction of sp³-hybridized carbons (Fsp3) is 0.500. The Bertz CT molecular complexity index is 636. The van der Waals surface area contributed by atoms with E-state index in [4.69, 9.17) is 4.74 Å². The van der Waals surface area contributed by atoms with E-state index in [9.17, 15) is 14.6 Å². The lowest BCUT2D eigenvalue weighted by Crippen LogP contribution is -2.55. The van der Waals surface area contributed by atoms with Gasteiger partial charge in [-0.15, -0.1) is 0 Å². The molecule has 1 aromatic rings. The molecule has 1 spiro atoms. The first-order valence-corrected chi connectivity index (χ1v) is 7.90. The first-order valence-electron chi connectivity index (χ1n) is 7.90. The van der Waals surface area contributed by atoms with Crippen molar-refractivity contribution in [3.8, 4) is 0 Å². The molecule has 2 aliphatic rings. The maximum Gasteiger partial charge on any atom is 0.376 e. The molecule has 1 N–H and O–H groups in total. The van der Waals surface area contributed by atoms with E-state index in [0.29, 0.717) is 6.54 Å². The topological polar surface area (TPSA) is 70.1 Å². The van der Waals surface area contributed by atoms with E-state index < -0.39 is 18.4 Å². The Morgan fingerprint density at radius 1 is 1.43 bits per heavy atom. The van der Waals surface area contributed by atoms with Crippen molar-refractivity contribution in [2.24, 2.45) is 0 Å². The summed E-state index contributed by atoms with van der Waals surface area (Å²) in [5.74, 6) is -0.511. The Kier molecular flexibility index (Phi) is 4.16. The number of esters is 1. The van der Waals surface area contributed by atoms with Gasteiger partial charge in [-0.3, -0.25) is 9.59 Å². The van der Waals surface area contributed by atoms with Crippen LogP contribution in [0.4, 0.5) is 5.69 Å². The Labute approximate surface area is 136 Å². The van der Waals surface area contributed by atoms with Crippen molar-refractivity contribution in [1.29, 1.82) is 0 Å². The third-order valence-corrected chi connectivity index (χ3v) is 4.93. The van der Waals surface area contributed by atoms with Gasteiger partial charge in [-0.25, -0.2) is 0 Å². The first kappa shape index (κ1) is 16.0. The summed E-state index contributed by atoms with van der Waals surface area (Å²) >= 11 is 0. The second kappa shape index (κ2) is 5.98. The van der Waals surface area contributed by atoms with Crippen LogP contribution >= 0.6 is 0 Å². The van der Waals surface area contributed by atoms with Crippen LogP contribution in [0.2, 0.25) is 6.82 Å². The smallest absolute Gasteiger partial charge is 0.376 e. The van der Waals surface area contributed by atoms with Gasteiger partial charge in [0.15, 0.2) is 0 Å². The van der Waals surface area contributed by atoms with Crippen molar-refractivity contribution in [2.75, 3.05) is 31.6 Å². The highest BCUT2D eigenvalue weighted by atomic mass is 16.5. The standard InChI is InChI=1S/C16H21BN2O4/c1-17(22)18-9-5-8-16(11-18)12-6-3-4-7-13(12)19(15(16)21)10-14(20)23-2/h3-4,6-7,22H,5,8-11H2,1-2H3. The Balaban J connectivity index is 2.01. The van der Waals surface area contributed by atoms with Crippen molar-refractivity contribution in [3.63, 3.8) is 0 Å². The molecule has 0 aromatic heterocycles. The number of carbonyl (C=O) groups is 2. The Morgan fingerprint density at radius 3 is 2.87 bits per heavy atom. The normalized spacial score (nSPS) is 24.0. The number of rotatable bonds is 3. The molecule has 0 bridgehead atoms. The fourth-order valence-electron chi connectivity index (χ4n) is 3.75. The average molecular weight is 316 g/mol. The van der Waals surface area contributed by atoms with E-state index in [2.05, 4.69) is 0 Å². The average Bonchev–Trinajstić information content (AvgIpc) is 2.78. The highest BCUT2D eigenvalue weighted by molar-refractivity contribution is 6.45. The highest BCUT2D eigenvalue weighted by Gasteiger charge is 2.53. The molecule has 23 heavy (non-hydrogen) atoms. The zero-order chi connectivity index (χ0) is 16.6. The molecule has 2 aliphatic heterocycles. The molecule has 3 rings (SSSR count). The summed E-state index contributed by atoms with van der Waals surface area (Å²) in [6.07, 6.45) is 1.56. The van der Waals surface area contributed by atoms with E-state index in [-0.39, 0.29) is 12.5 Å². The largest absolute Gasteiger partial charge is 0.468 e. The van der Waals surface area contributed by atoms with Gasteiger partial charge < -0.3 is 19.5 Å².